The fourth-order valence-corrected chi connectivity index (χ4v) is 3.34. The molecule has 1 rings (SSSR count). The molecule has 1 aromatic carbocycles. The summed E-state index contributed by atoms with van der Waals surface area (Å²) in [6, 6.07) is 8.46. The van der Waals surface area contributed by atoms with E-state index in [9.17, 15) is 0 Å². The maximum absolute atomic E-state index is 6.25. The summed E-state index contributed by atoms with van der Waals surface area (Å²) in [5.41, 5.74) is 0. The van der Waals surface area contributed by atoms with E-state index >= 15 is 0 Å². The van der Waals surface area contributed by atoms with Crippen molar-refractivity contribution in [1.29, 1.82) is 0 Å². The lowest BCUT2D eigenvalue weighted by Gasteiger charge is -2.17. The van der Waals surface area contributed by atoms with E-state index in [0.29, 0.717) is 0 Å². The molecule has 0 aliphatic carbocycles. The topological polar surface area (TPSA) is 9.23 Å². The average Bonchev–Trinajstić information content (AvgIpc) is 2.18. The van der Waals surface area contributed by atoms with E-state index in [0.717, 1.165) is 17.0 Å². The van der Waals surface area contributed by atoms with Gasteiger partial charge in [-0.25, -0.2) is 0 Å². The molecule has 0 bridgehead atoms. The van der Waals surface area contributed by atoms with Crippen LogP contribution in [0.25, 0.3) is 0 Å². The van der Waals surface area contributed by atoms with E-state index < -0.39 is 6.69 Å². The maximum Gasteiger partial charge on any atom is 0.284 e. The Labute approximate surface area is 89.0 Å². The first kappa shape index (κ1) is 10.9. The van der Waals surface area contributed by atoms with E-state index in [1.807, 2.05) is 31.2 Å². The molecule has 0 spiro atoms. The zero-order valence-corrected chi connectivity index (χ0v) is 10.2. The van der Waals surface area contributed by atoms with Crippen LogP contribution in [0.1, 0.15) is 6.92 Å². The average molecular weight is 235 g/mol. The Bertz CT molecular complexity index is 289. The second-order valence-electron chi connectivity index (χ2n) is 2.76. The summed E-state index contributed by atoms with van der Waals surface area (Å²) in [6.45, 7) is -0.301. The van der Waals surface area contributed by atoms with Gasteiger partial charge >= 0.3 is 0 Å². The van der Waals surface area contributed by atoms with Gasteiger partial charge in [0.05, 0.1) is 7.11 Å². The van der Waals surface area contributed by atoms with Gasteiger partial charge in [-0.1, -0.05) is 25.1 Å². The van der Waals surface area contributed by atoms with Crippen LogP contribution in [0.2, 0.25) is 6.04 Å². The van der Waals surface area contributed by atoms with Crippen molar-refractivity contribution in [1.82, 2.24) is 0 Å². The molecule has 0 unspecified atom stereocenters. The highest BCUT2D eigenvalue weighted by Crippen LogP contribution is 2.24. The van der Waals surface area contributed by atoms with Gasteiger partial charge in [-0.05, 0) is 12.1 Å². The molecule has 0 N–H and O–H groups in total. The standard InChI is InChI=1S/C9H12Cl2OSi/c1-3-13(10,11)9-7-5-4-6-8(9)12-2/h4-7H,3H2,1-2H3. The van der Waals surface area contributed by atoms with Gasteiger partial charge in [0.25, 0.3) is 6.69 Å². The van der Waals surface area contributed by atoms with Gasteiger partial charge in [-0.3, -0.25) is 0 Å². The van der Waals surface area contributed by atoms with Crippen LogP contribution in [-0.4, -0.2) is 13.8 Å². The second-order valence-corrected chi connectivity index (χ2v) is 9.86. The summed E-state index contributed by atoms with van der Waals surface area (Å²) < 4.78 is 5.20. The zero-order chi connectivity index (χ0) is 9.90. The highest BCUT2D eigenvalue weighted by Gasteiger charge is 2.31. The van der Waals surface area contributed by atoms with Crippen LogP contribution in [0, 0.1) is 0 Å². The third kappa shape index (κ3) is 2.39. The Balaban J connectivity index is 3.12. The molecule has 0 atom stereocenters. The molecule has 13 heavy (non-hydrogen) atoms. The summed E-state index contributed by atoms with van der Waals surface area (Å²) in [5.74, 6) is 0.793. The highest BCUT2D eigenvalue weighted by atomic mass is 35.7. The van der Waals surface area contributed by atoms with Crippen molar-refractivity contribution in [2.24, 2.45) is 0 Å². The van der Waals surface area contributed by atoms with Crippen LogP contribution in [0.4, 0.5) is 0 Å². The Hall–Kier alpha value is -0.183. The molecule has 0 saturated carbocycles. The van der Waals surface area contributed by atoms with Gasteiger partial charge in [0, 0.05) is 5.19 Å². The van der Waals surface area contributed by atoms with Crippen LogP contribution in [-0.2, 0) is 0 Å². The predicted octanol–water partition coefficient (Wildman–Crippen LogP) is 2.84. The Morgan fingerprint density at radius 1 is 1.31 bits per heavy atom. The normalized spacial score (nSPS) is 11.4. The third-order valence-corrected chi connectivity index (χ3v) is 6.86. The second kappa shape index (κ2) is 4.36. The fraction of sp³-hybridized carbons (Fsp3) is 0.333. The van der Waals surface area contributed by atoms with Crippen molar-refractivity contribution in [3.63, 3.8) is 0 Å². The first-order valence-corrected chi connectivity index (χ1v) is 8.36. The van der Waals surface area contributed by atoms with Gasteiger partial charge in [0.15, 0.2) is 0 Å². The number of hydrogen-bond acceptors (Lipinski definition) is 1. The summed E-state index contributed by atoms with van der Waals surface area (Å²) in [7, 11) is 1.63. The molecule has 0 radical (unpaired) electrons. The monoisotopic (exact) mass is 234 g/mol. The van der Waals surface area contributed by atoms with E-state index in [-0.39, 0.29) is 0 Å². The first-order valence-electron chi connectivity index (χ1n) is 4.13. The lowest BCUT2D eigenvalue weighted by Crippen LogP contribution is -2.36. The number of benzene rings is 1. The van der Waals surface area contributed by atoms with Crippen molar-refractivity contribution in [2.75, 3.05) is 7.11 Å². The number of para-hydroxylation sites is 1. The summed E-state index contributed by atoms with van der Waals surface area (Å²) in [6.07, 6.45) is 0. The predicted molar refractivity (Wildman–Crippen MR) is 60.6 cm³/mol. The van der Waals surface area contributed by atoms with Gasteiger partial charge < -0.3 is 4.74 Å². The van der Waals surface area contributed by atoms with Gasteiger partial charge in [-0.2, -0.15) is 0 Å². The number of hydrogen-bond donors (Lipinski definition) is 0. The molecule has 0 aliphatic heterocycles. The van der Waals surface area contributed by atoms with E-state index in [1.54, 1.807) is 7.11 Å². The Kier molecular flexibility index (Phi) is 3.65. The molecule has 0 saturated heterocycles. The number of halogens is 2. The van der Waals surface area contributed by atoms with Crippen LogP contribution in [0.5, 0.6) is 5.75 Å². The Morgan fingerprint density at radius 3 is 2.46 bits per heavy atom. The molecular formula is C9H12Cl2OSi. The lowest BCUT2D eigenvalue weighted by atomic mass is 10.3. The van der Waals surface area contributed by atoms with E-state index in [2.05, 4.69) is 0 Å². The smallest absolute Gasteiger partial charge is 0.284 e. The van der Waals surface area contributed by atoms with E-state index in [4.69, 9.17) is 26.9 Å². The zero-order valence-electron chi connectivity index (χ0n) is 7.68. The van der Waals surface area contributed by atoms with Crippen molar-refractivity contribution in [2.45, 2.75) is 13.0 Å². The van der Waals surface area contributed by atoms with Crippen molar-refractivity contribution in [3.05, 3.63) is 24.3 Å². The quantitative estimate of drug-likeness (QED) is 0.578. The SMILES string of the molecule is CC[Si](Cl)(Cl)c1ccccc1OC. The van der Waals surface area contributed by atoms with Gasteiger partial charge in [0.1, 0.15) is 5.75 Å². The molecule has 0 fully saturated rings. The third-order valence-electron chi connectivity index (χ3n) is 1.95. The number of rotatable bonds is 3. The molecule has 0 aliphatic rings. The minimum absolute atomic E-state index is 0.788. The molecule has 1 aromatic rings. The fourth-order valence-electron chi connectivity index (χ4n) is 1.14. The van der Waals surface area contributed by atoms with Gasteiger partial charge in [0.2, 0.25) is 0 Å². The largest absolute Gasteiger partial charge is 0.497 e. The van der Waals surface area contributed by atoms with Gasteiger partial charge in [-0.15, -0.1) is 22.2 Å². The molecule has 72 valence electrons. The highest BCUT2D eigenvalue weighted by molar-refractivity contribution is 7.51. The van der Waals surface area contributed by atoms with Crippen LogP contribution in [0.15, 0.2) is 24.3 Å². The number of ether oxygens (including phenoxy) is 1. The summed E-state index contributed by atoms with van der Waals surface area (Å²) >= 11 is 12.5. The van der Waals surface area contributed by atoms with E-state index in [1.165, 1.54) is 0 Å². The van der Waals surface area contributed by atoms with Crippen molar-refractivity contribution < 1.29 is 4.74 Å². The molecule has 0 aromatic heterocycles. The van der Waals surface area contributed by atoms with Crippen molar-refractivity contribution >= 4 is 34.0 Å². The Morgan fingerprint density at radius 2 is 1.92 bits per heavy atom. The van der Waals surface area contributed by atoms with Crippen molar-refractivity contribution in [3.8, 4) is 5.75 Å². The van der Waals surface area contributed by atoms with Crippen LogP contribution < -0.4 is 9.92 Å². The molecule has 4 heteroatoms. The van der Waals surface area contributed by atoms with Crippen LogP contribution >= 0.6 is 22.2 Å². The molecule has 0 amide bonds. The first-order chi connectivity index (χ1) is 6.11. The number of methoxy groups -OCH3 is 1. The summed E-state index contributed by atoms with van der Waals surface area (Å²) in [4.78, 5) is 0. The summed E-state index contributed by atoms with van der Waals surface area (Å²) in [5, 5.41) is 0.961. The molecule has 0 heterocycles. The lowest BCUT2D eigenvalue weighted by molar-refractivity contribution is 0.418. The minimum atomic E-state index is -2.30. The van der Waals surface area contributed by atoms with Crippen LogP contribution in [0.3, 0.4) is 0 Å². The molecule has 1 nitrogen and oxygen atoms in total. The minimum Gasteiger partial charge on any atom is -0.497 e. The maximum atomic E-state index is 6.25. The molecular weight excluding hydrogens is 223 g/mol.